The van der Waals surface area contributed by atoms with Crippen molar-refractivity contribution < 1.29 is 15.0 Å². The average molecular weight is 405 g/mol. The summed E-state index contributed by atoms with van der Waals surface area (Å²) in [6.45, 7) is 5.32. The van der Waals surface area contributed by atoms with Crippen LogP contribution in [0.25, 0.3) is 0 Å². The third-order valence-electron chi connectivity index (χ3n) is 5.44. The van der Waals surface area contributed by atoms with Crippen molar-refractivity contribution >= 4 is 24.0 Å². The Bertz CT molecular complexity index is 769. The van der Waals surface area contributed by atoms with Gasteiger partial charge >= 0.3 is 0 Å². The first-order valence-electron chi connectivity index (χ1n) is 9.46. The molecule has 3 N–H and O–H groups in total. The standard InChI is InChI=1S/C22H28N2O3.ClH/c1-16-3-5-18(6-4-16)15-22(27)11-13-24(14-12-22)17(2)21(26)23-19-7-9-20(25)10-8-19;/h3-10,17,25,27H,11-15H2,1-2H3,(H,23,26);1H. The van der Waals surface area contributed by atoms with Crippen molar-refractivity contribution in [1.82, 2.24) is 4.90 Å². The maximum atomic E-state index is 12.5. The maximum absolute atomic E-state index is 12.5. The lowest BCUT2D eigenvalue weighted by molar-refractivity contribution is -0.122. The number of aromatic hydroxyl groups is 1. The number of carbonyl (C=O) groups is 1. The molecule has 1 unspecified atom stereocenters. The zero-order valence-electron chi connectivity index (χ0n) is 16.4. The monoisotopic (exact) mass is 404 g/mol. The number of carbonyl (C=O) groups excluding carboxylic acids is 1. The fraction of sp³-hybridized carbons (Fsp3) is 0.409. The molecule has 1 saturated heterocycles. The molecule has 1 fully saturated rings. The van der Waals surface area contributed by atoms with Crippen LogP contribution in [0.5, 0.6) is 5.75 Å². The molecule has 152 valence electrons. The zero-order valence-corrected chi connectivity index (χ0v) is 17.2. The van der Waals surface area contributed by atoms with E-state index in [4.69, 9.17) is 0 Å². The van der Waals surface area contributed by atoms with E-state index in [1.165, 1.54) is 5.56 Å². The molecule has 0 bridgehead atoms. The second kappa shape index (κ2) is 9.41. The molecule has 0 radical (unpaired) electrons. The Labute approximate surface area is 172 Å². The lowest BCUT2D eigenvalue weighted by Crippen LogP contribution is -2.51. The molecule has 6 heteroatoms. The maximum Gasteiger partial charge on any atom is 0.241 e. The number of hydrogen-bond donors (Lipinski definition) is 3. The summed E-state index contributed by atoms with van der Waals surface area (Å²) in [5.41, 5.74) is 2.32. The topological polar surface area (TPSA) is 72.8 Å². The van der Waals surface area contributed by atoms with E-state index in [2.05, 4.69) is 41.4 Å². The van der Waals surface area contributed by atoms with Crippen LogP contribution in [0.2, 0.25) is 0 Å². The van der Waals surface area contributed by atoms with E-state index in [1.54, 1.807) is 24.3 Å². The van der Waals surface area contributed by atoms with Crippen LogP contribution in [0.15, 0.2) is 48.5 Å². The van der Waals surface area contributed by atoms with Gasteiger partial charge in [0.15, 0.2) is 0 Å². The van der Waals surface area contributed by atoms with Gasteiger partial charge in [0.25, 0.3) is 0 Å². The van der Waals surface area contributed by atoms with Crippen LogP contribution in [0.4, 0.5) is 5.69 Å². The lowest BCUT2D eigenvalue weighted by Gasteiger charge is -2.40. The number of piperidine rings is 1. The van der Waals surface area contributed by atoms with Crippen LogP contribution < -0.4 is 5.32 Å². The van der Waals surface area contributed by atoms with Crippen molar-refractivity contribution in [2.24, 2.45) is 0 Å². The summed E-state index contributed by atoms with van der Waals surface area (Å²) in [4.78, 5) is 14.6. The zero-order chi connectivity index (χ0) is 19.4. The van der Waals surface area contributed by atoms with Gasteiger partial charge in [-0.05, 0) is 56.5 Å². The van der Waals surface area contributed by atoms with E-state index in [1.807, 2.05) is 6.92 Å². The summed E-state index contributed by atoms with van der Waals surface area (Å²) >= 11 is 0. The van der Waals surface area contributed by atoms with Gasteiger partial charge in [0.1, 0.15) is 5.75 Å². The second-order valence-electron chi connectivity index (χ2n) is 7.63. The minimum atomic E-state index is -0.709. The quantitative estimate of drug-likeness (QED) is 0.667. The summed E-state index contributed by atoms with van der Waals surface area (Å²) in [6.07, 6.45) is 1.95. The first kappa shape index (κ1) is 22.2. The number of hydrogen-bond acceptors (Lipinski definition) is 4. The van der Waals surface area contributed by atoms with E-state index in [0.29, 0.717) is 38.0 Å². The van der Waals surface area contributed by atoms with E-state index < -0.39 is 5.60 Å². The Kier molecular flexibility index (Phi) is 7.47. The van der Waals surface area contributed by atoms with Crippen LogP contribution in [0.3, 0.4) is 0 Å². The van der Waals surface area contributed by atoms with Crippen molar-refractivity contribution in [3.63, 3.8) is 0 Å². The number of halogens is 1. The highest BCUT2D eigenvalue weighted by molar-refractivity contribution is 5.94. The minimum absolute atomic E-state index is 0. The first-order valence-corrected chi connectivity index (χ1v) is 9.46. The third kappa shape index (κ3) is 5.71. The number of rotatable bonds is 5. The van der Waals surface area contributed by atoms with E-state index in [-0.39, 0.29) is 30.1 Å². The molecule has 1 atom stereocenters. The van der Waals surface area contributed by atoms with Gasteiger partial charge in [0.2, 0.25) is 5.91 Å². The molecule has 2 aromatic rings. The van der Waals surface area contributed by atoms with Crippen molar-refractivity contribution in [1.29, 1.82) is 0 Å². The first-order chi connectivity index (χ1) is 12.8. The number of aryl methyl sites for hydroxylation is 1. The molecule has 3 rings (SSSR count). The van der Waals surface area contributed by atoms with Gasteiger partial charge < -0.3 is 15.5 Å². The van der Waals surface area contributed by atoms with E-state index >= 15 is 0 Å². The molecule has 1 amide bonds. The highest BCUT2D eigenvalue weighted by Crippen LogP contribution is 2.28. The van der Waals surface area contributed by atoms with Gasteiger partial charge in [-0.2, -0.15) is 0 Å². The van der Waals surface area contributed by atoms with Crippen LogP contribution in [0.1, 0.15) is 30.9 Å². The number of phenolic OH excluding ortho intramolecular Hbond substituents is 1. The number of aliphatic hydroxyl groups is 1. The van der Waals surface area contributed by atoms with Crippen LogP contribution in [-0.2, 0) is 11.2 Å². The van der Waals surface area contributed by atoms with Gasteiger partial charge in [0, 0.05) is 25.2 Å². The Hall–Kier alpha value is -2.08. The van der Waals surface area contributed by atoms with Crippen LogP contribution >= 0.6 is 12.4 Å². The molecule has 0 spiro atoms. The van der Waals surface area contributed by atoms with Crippen molar-refractivity contribution in [2.75, 3.05) is 18.4 Å². The Morgan fingerprint density at radius 3 is 2.25 bits per heavy atom. The molecule has 0 saturated carbocycles. The number of benzene rings is 2. The van der Waals surface area contributed by atoms with Crippen molar-refractivity contribution in [3.8, 4) is 5.75 Å². The van der Waals surface area contributed by atoms with E-state index in [0.717, 1.165) is 5.56 Å². The number of phenols is 1. The van der Waals surface area contributed by atoms with Gasteiger partial charge in [-0.3, -0.25) is 9.69 Å². The number of anilines is 1. The number of amides is 1. The third-order valence-corrected chi connectivity index (χ3v) is 5.44. The molecule has 0 aliphatic carbocycles. The smallest absolute Gasteiger partial charge is 0.241 e. The summed E-state index contributed by atoms with van der Waals surface area (Å²) in [5.74, 6) is 0.0922. The average Bonchev–Trinajstić information content (AvgIpc) is 2.65. The number of nitrogens with zero attached hydrogens (tertiary/aromatic N) is 1. The second-order valence-corrected chi connectivity index (χ2v) is 7.63. The predicted octanol–water partition coefficient (Wildman–Crippen LogP) is 3.52. The summed E-state index contributed by atoms with van der Waals surface area (Å²) < 4.78 is 0. The van der Waals surface area contributed by atoms with Crippen LogP contribution in [-0.4, -0.2) is 45.8 Å². The molecule has 1 aliphatic heterocycles. The molecule has 28 heavy (non-hydrogen) atoms. The highest BCUT2D eigenvalue weighted by Gasteiger charge is 2.35. The summed E-state index contributed by atoms with van der Waals surface area (Å²) in [6, 6.07) is 14.5. The molecule has 1 aliphatic rings. The molecule has 2 aromatic carbocycles. The van der Waals surface area contributed by atoms with Crippen molar-refractivity contribution in [3.05, 3.63) is 59.7 Å². The molecule has 1 heterocycles. The fourth-order valence-corrected chi connectivity index (χ4v) is 3.55. The highest BCUT2D eigenvalue weighted by atomic mass is 35.5. The number of nitrogens with one attached hydrogen (secondary N) is 1. The Balaban J connectivity index is 0.00000280. The van der Waals surface area contributed by atoms with E-state index in [9.17, 15) is 15.0 Å². The summed E-state index contributed by atoms with van der Waals surface area (Å²) in [7, 11) is 0. The number of likely N-dealkylation sites (tertiary alicyclic amines) is 1. The Morgan fingerprint density at radius 1 is 1.11 bits per heavy atom. The van der Waals surface area contributed by atoms with Crippen LogP contribution in [0, 0.1) is 6.92 Å². The SMILES string of the molecule is Cc1ccc(CC2(O)CCN(C(C)C(=O)Nc3ccc(O)cc3)CC2)cc1.Cl. The normalized spacial score (nSPS) is 17.4. The van der Waals surface area contributed by atoms with Gasteiger partial charge in [0.05, 0.1) is 11.6 Å². The van der Waals surface area contributed by atoms with Crippen molar-refractivity contribution in [2.45, 2.75) is 44.8 Å². The molecular formula is C22H29ClN2O3. The largest absolute Gasteiger partial charge is 0.508 e. The molecule has 0 aromatic heterocycles. The predicted molar refractivity (Wildman–Crippen MR) is 114 cm³/mol. The van der Waals surface area contributed by atoms with Gasteiger partial charge in [-0.1, -0.05) is 29.8 Å². The minimum Gasteiger partial charge on any atom is -0.508 e. The fourth-order valence-electron chi connectivity index (χ4n) is 3.55. The van der Waals surface area contributed by atoms with Gasteiger partial charge in [-0.25, -0.2) is 0 Å². The Morgan fingerprint density at radius 2 is 1.68 bits per heavy atom. The molecular weight excluding hydrogens is 376 g/mol. The van der Waals surface area contributed by atoms with Gasteiger partial charge in [-0.15, -0.1) is 12.4 Å². The summed E-state index contributed by atoms with van der Waals surface area (Å²) in [5, 5.41) is 23.1. The molecule has 5 nitrogen and oxygen atoms in total. The lowest BCUT2D eigenvalue weighted by atomic mass is 9.85.